The van der Waals surface area contributed by atoms with Crippen LogP contribution in [0.4, 0.5) is 0 Å². The molecule has 0 aliphatic carbocycles. The number of benzene rings is 1. The second-order valence-corrected chi connectivity index (χ2v) is 4.96. The zero-order chi connectivity index (χ0) is 14.2. The van der Waals surface area contributed by atoms with E-state index in [4.69, 9.17) is 16.7 Å². The van der Waals surface area contributed by atoms with Gasteiger partial charge in [-0.1, -0.05) is 23.2 Å². The number of hydrogen-bond donors (Lipinski definition) is 1. The van der Waals surface area contributed by atoms with Crippen molar-refractivity contribution in [3.8, 4) is 0 Å². The van der Waals surface area contributed by atoms with Gasteiger partial charge in [-0.15, -0.1) is 0 Å². The maximum atomic E-state index is 10.7. The molecule has 0 saturated heterocycles. The van der Waals surface area contributed by atoms with Crippen molar-refractivity contribution >= 4 is 34.5 Å². The maximum Gasteiger partial charge on any atom is 0.328 e. The van der Waals surface area contributed by atoms with Crippen LogP contribution in [0.15, 0.2) is 18.2 Å². The van der Waals surface area contributed by atoms with Gasteiger partial charge in [0.25, 0.3) is 0 Å². The van der Waals surface area contributed by atoms with Crippen molar-refractivity contribution in [3.63, 3.8) is 0 Å². The van der Waals surface area contributed by atoms with Crippen molar-refractivity contribution in [1.82, 2.24) is 4.57 Å². The van der Waals surface area contributed by atoms with Crippen LogP contribution in [-0.4, -0.2) is 15.6 Å². The van der Waals surface area contributed by atoms with Crippen LogP contribution in [0.3, 0.4) is 0 Å². The Morgan fingerprint density at radius 1 is 1.42 bits per heavy atom. The van der Waals surface area contributed by atoms with E-state index in [1.54, 1.807) is 6.08 Å². The molecule has 2 aromatic rings. The number of aliphatic carboxylic acids is 1. The third-order valence-electron chi connectivity index (χ3n) is 3.17. The number of nitrogens with zero attached hydrogens (tertiary/aromatic N) is 1. The molecule has 0 unspecified atom stereocenters. The molecule has 19 heavy (non-hydrogen) atoms. The molecule has 100 valence electrons. The second kappa shape index (κ2) is 5.10. The fourth-order valence-electron chi connectivity index (χ4n) is 2.49. The molecule has 1 heterocycles. The smallest absolute Gasteiger partial charge is 0.328 e. The highest BCUT2D eigenvalue weighted by atomic mass is 35.5. The van der Waals surface area contributed by atoms with Gasteiger partial charge < -0.3 is 9.67 Å². The number of halogens is 1. The first-order valence-electron chi connectivity index (χ1n) is 6.15. The van der Waals surface area contributed by atoms with Crippen LogP contribution < -0.4 is 0 Å². The average molecular weight is 278 g/mol. The molecule has 0 aliphatic heterocycles. The van der Waals surface area contributed by atoms with Gasteiger partial charge in [0.15, 0.2) is 0 Å². The minimum Gasteiger partial charge on any atom is -0.478 e. The second-order valence-electron chi connectivity index (χ2n) is 4.60. The molecule has 1 N–H and O–H groups in total. The number of carboxylic acids is 1. The monoisotopic (exact) mass is 277 g/mol. The van der Waals surface area contributed by atoms with Gasteiger partial charge in [-0.25, -0.2) is 4.79 Å². The molecule has 0 bridgehead atoms. The standard InChI is InChI=1S/C15H16ClNO2/c1-4-17-14-10(3)7-9(2)8-12(14)11(15(17)16)5-6-13(18)19/h5-8H,4H2,1-3H3,(H,18,19)/b6-5+. The van der Waals surface area contributed by atoms with Gasteiger partial charge in [-0.05, 0) is 38.5 Å². The van der Waals surface area contributed by atoms with E-state index in [0.29, 0.717) is 5.15 Å². The van der Waals surface area contributed by atoms with Gasteiger partial charge in [-0.2, -0.15) is 0 Å². The molecule has 0 spiro atoms. The van der Waals surface area contributed by atoms with Crippen molar-refractivity contribution < 1.29 is 9.90 Å². The van der Waals surface area contributed by atoms with Gasteiger partial charge in [0.2, 0.25) is 0 Å². The van der Waals surface area contributed by atoms with Crippen molar-refractivity contribution in [3.05, 3.63) is 40.1 Å². The maximum absolute atomic E-state index is 10.7. The van der Waals surface area contributed by atoms with Gasteiger partial charge >= 0.3 is 5.97 Å². The van der Waals surface area contributed by atoms with Crippen LogP contribution in [0.5, 0.6) is 0 Å². The molecule has 4 heteroatoms. The summed E-state index contributed by atoms with van der Waals surface area (Å²) < 4.78 is 2.01. The quantitative estimate of drug-likeness (QED) is 0.861. The zero-order valence-corrected chi connectivity index (χ0v) is 12.0. The molecule has 1 aromatic carbocycles. The van der Waals surface area contributed by atoms with Crippen LogP contribution in [-0.2, 0) is 11.3 Å². The van der Waals surface area contributed by atoms with Gasteiger partial charge in [-0.3, -0.25) is 0 Å². The summed E-state index contributed by atoms with van der Waals surface area (Å²) in [6.07, 6.45) is 2.69. The largest absolute Gasteiger partial charge is 0.478 e. The highest BCUT2D eigenvalue weighted by Crippen LogP contribution is 2.33. The van der Waals surface area contributed by atoms with E-state index in [2.05, 4.69) is 6.07 Å². The highest BCUT2D eigenvalue weighted by Gasteiger charge is 2.15. The van der Waals surface area contributed by atoms with Crippen LogP contribution in [0, 0.1) is 13.8 Å². The Morgan fingerprint density at radius 3 is 2.68 bits per heavy atom. The van der Waals surface area contributed by atoms with E-state index in [-0.39, 0.29) is 0 Å². The van der Waals surface area contributed by atoms with Gasteiger partial charge in [0.1, 0.15) is 5.15 Å². The predicted octanol–water partition coefficient (Wildman–Crippen LogP) is 4.03. The van der Waals surface area contributed by atoms with Crippen molar-refractivity contribution in [2.75, 3.05) is 0 Å². The summed E-state index contributed by atoms with van der Waals surface area (Å²) in [5, 5.41) is 10.4. The van der Waals surface area contributed by atoms with Gasteiger partial charge in [0, 0.05) is 23.6 Å². The number of fused-ring (bicyclic) bond motifs is 1. The Bertz CT molecular complexity index is 683. The summed E-state index contributed by atoms with van der Waals surface area (Å²) in [7, 11) is 0. The molecule has 1 aromatic heterocycles. The summed E-state index contributed by atoms with van der Waals surface area (Å²) in [5.74, 6) is -0.974. The number of aromatic nitrogens is 1. The third kappa shape index (κ3) is 2.38. The Balaban J connectivity index is 2.83. The Labute approximate surface area is 117 Å². The lowest BCUT2D eigenvalue weighted by Gasteiger charge is -2.06. The van der Waals surface area contributed by atoms with Crippen molar-refractivity contribution in [1.29, 1.82) is 0 Å². The molecule has 0 aliphatic rings. The molecule has 3 nitrogen and oxygen atoms in total. The van der Waals surface area contributed by atoms with Crippen molar-refractivity contribution in [2.45, 2.75) is 27.3 Å². The van der Waals surface area contributed by atoms with Crippen LogP contribution in [0.25, 0.3) is 17.0 Å². The van der Waals surface area contributed by atoms with E-state index in [9.17, 15) is 4.79 Å². The summed E-state index contributed by atoms with van der Waals surface area (Å²) in [5.41, 5.74) is 4.13. The summed E-state index contributed by atoms with van der Waals surface area (Å²) in [6.45, 7) is 6.84. The third-order valence-corrected chi connectivity index (χ3v) is 3.58. The minimum atomic E-state index is -0.974. The van der Waals surface area contributed by atoms with Crippen molar-refractivity contribution in [2.24, 2.45) is 0 Å². The van der Waals surface area contributed by atoms with E-state index in [1.807, 2.05) is 31.4 Å². The zero-order valence-electron chi connectivity index (χ0n) is 11.2. The lowest BCUT2D eigenvalue weighted by Crippen LogP contribution is -1.95. The topological polar surface area (TPSA) is 42.2 Å². The molecule has 0 atom stereocenters. The van der Waals surface area contributed by atoms with E-state index < -0.39 is 5.97 Å². The molecule has 2 rings (SSSR count). The van der Waals surface area contributed by atoms with Crippen LogP contribution in [0.2, 0.25) is 5.15 Å². The van der Waals surface area contributed by atoms with E-state index in [0.717, 1.165) is 40.2 Å². The van der Waals surface area contributed by atoms with E-state index in [1.165, 1.54) is 0 Å². The first-order valence-corrected chi connectivity index (χ1v) is 6.53. The highest BCUT2D eigenvalue weighted by molar-refractivity contribution is 6.33. The SMILES string of the molecule is CCn1c(Cl)c(/C=C/C(=O)O)c2cc(C)cc(C)c21. The molecule has 0 amide bonds. The number of carboxylic acid groups (broad SMARTS) is 1. The average Bonchev–Trinajstić information content (AvgIpc) is 2.58. The molecular weight excluding hydrogens is 262 g/mol. The molecule has 0 radical (unpaired) electrons. The number of carbonyl (C=O) groups is 1. The van der Waals surface area contributed by atoms with Gasteiger partial charge in [0.05, 0.1) is 5.52 Å². The lowest BCUT2D eigenvalue weighted by atomic mass is 10.1. The molecular formula is C15H16ClNO2. The fourth-order valence-corrected chi connectivity index (χ4v) is 2.86. The molecule has 0 fully saturated rings. The van der Waals surface area contributed by atoms with Crippen LogP contribution in [0.1, 0.15) is 23.6 Å². The number of rotatable bonds is 3. The first kappa shape index (κ1) is 13.7. The Morgan fingerprint density at radius 2 is 2.11 bits per heavy atom. The number of hydrogen-bond acceptors (Lipinski definition) is 1. The van der Waals surface area contributed by atoms with E-state index >= 15 is 0 Å². The summed E-state index contributed by atoms with van der Waals surface area (Å²) >= 11 is 6.38. The first-order chi connectivity index (χ1) is 8.95. The summed E-state index contributed by atoms with van der Waals surface area (Å²) in [4.78, 5) is 10.7. The Kier molecular flexibility index (Phi) is 3.67. The summed E-state index contributed by atoms with van der Waals surface area (Å²) in [6, 6.07) is 4.15. The lowest BCUT2D eigenvalue weighted by molar-refractivity contribution is -0.131. The molecule has 0 saturated carbocycles. The predicted molar refractivity (Wildman–Crippen MR) is 78.8 cm³/mol. The van der Waals surface area contributed by atoms with Crippen LogP contribution >= 0.6 is 11.6 Å². The minimum absolute atomic E-state index is 0.587. The normalized spacial score (nSPS) is 11.6. The fraction of sp³-hybridized carbons (Fsp3) is 0.267. The Hall–Kier alpha value is -1.74. The number of aryl methyl sites for hydroxylation is 3.